The normalized spacial score (nSPS) is 38.5. The van der Waals surface area contributed by atoms with Crippen molar-refractivity contribution >= 4 is 0 Å². The van der Waals surface area contributed by atoms with Gasteiger partial charge in [-0.3, -0.25) is 0 Å². The van der Waals surface area contributed by atoms with Crippen LogP contribution >= 0.6 is 0 Å². The van der Waals surface area contributed by atoms with Crippen LogP contribution in [0.15, 0.2) is 24.3 Å². The molecule has 0 aromatic heterocycles. The number of rotatable bonds is 1. The van der Waals surface area contributed by atoms with Gasteiger partial charge in [0.2, 0.25) is 0 Å². The fourth-order valence-corrected chi connectivity index (χ4v) is 4.31. The van der Waals surface area contributed by atoms with Gasteiger partial charge in [0, 0.05) is 0 Å². The summed E-state index contributed by atoms with van der Waals surface area (Å²) in [5, 5.41) is 10.0. The molecule has 0 radical (unpaired) electrons. The van der Waals surface area contributed by atoms with Gasteiger partial charge in [0.05, 0.1) is 0 Å². The number of phenolic OH excluding ortho intramolecular Hbond substituents is 1. The van der Waals surface area contributed by atoms with Crippen molar-refractivity contribution in [2.45, 2.75) is 39.5 Å². The standard InChI is InChI=1S/C16H22O/c1-10-13-8-11(16(10,2)3)9-14(13)12-6-4-5-7-15(12)17/h4-7,10-11,13-14,17H,8-9H2,1-3H3/t10-,11+,13+,14+/m0/s1. The highest BCUT2D eigenvalue weighted by Gasteiger charge is 2.55. The quantitative estimate of drug-likeness (QED) is 0.767. The third kappa shape index (κ3) is 1.44. The Kier molecular flexibility index (Phi) is 2.30. The van der Waals surface area contributed by atoms with Gasteiger partial charge in [0.25, 0.3) is 0 Å². The Hall–Kier alpha value is -0.980. The molecule has 2 bridgehead atoms. The van der Waals surface area contributed by atoms with E-state index in [1.807, 2.05) is 12.1 Å². The van der Waals surface area contributed by atoms with Gasteiger partial charge in [-0.05, 0) is 53.6 Å². The van der Waals surface area contributed by atoms with Gasteiger partial charge < -0.3 is 5.11 Å². The molecule has 1 heteroatoms. The highest BCUT2D eigenvalue weighted by Crippen LogP contribution is 2.64. The zero-order valence-corrected chi connectivity index (χ0v) is 11.0. The molecule has 2 fully saturated rings. The lowest BCUT2D eigenvalue weighted by atomic mass is 9.65. The summed E-state index contributed by atoms with van der Waals surface area (Å²) in [6.07, 6.45) is 2.62. The minimum atomic E-state index is 0.492. The maximum absolute atomic E-state index is 10.0. The van der Waals surface area contributed by atoms with E-state index in [1.165, 1.54) is 18.4 Å². The van der Waals surface area contributed by atoms with Crippen LogP contribution < -0.4 is 0 Å². The van der Waals surface area contributed by atoms with E-state index in [9.17, 15) is 5.11 Å². The number of phenols is 1. The lowest BCUT2D eigenvalue weighted by molar-refractivity contribution is 0.121. The zero-order valence-electron chi connectivity index (χ0n) is 11.0. The van der Waals surface area contributed by atoms with Crippen LogP contribution in [0.2, 0.25) is 0 Å². The second-order valence-electron chi connectivity index (χ2n) is 6.61. The van der Waals surface area contributed by atoms with Crippen LogP contribution in [0.25, 0.3) is 0 Å². The molecule has 92 valence electrons. The fraction of sp³-hybridized carbons (Fsp3) is 0.625. The molecule has 2 saturated carbocycles. The Morgan fingerprint density at radius 3 is 2.47 bits per heavy atom. The van der Waals surface area contributed by atoms with E-state index >= 15 is 0 Å². The highest BCUT2D eigenvalue weighted by atomic mass is 16.3. The minimum absolute atomic E-state index is 0.492. The summed E-state index contributed by atoms with van der Waals surface area (Å²) in [6.45, 7) is 7.24. The molecular weight excluding hydrogens is 208 g/mol. The van der Waals surface area contributed by atoms with Crippen LogP contribution in [0.3, 0.4) is 0 Å². The molecule has 3 rings (SSSR count). The molecule has 2 aliphatic carbocycles. The molecule has 17 heavy (non-hydrogen) atoms. The first-order valence-electron chi connectivity index (χ1n) is 6.79. The first-order chi connectivity index (χ1) is 8.01. The number of para-hydroxylation sites is 1. The summed E-state index contributed by atoms with van der Waals surface area (Å²) in [5.41, 5.74) is 1.67. The van der Waals surface area contributed by atoms with Crippen LogP contribution in [0.1, 0.15) is 45.1 Å². The molecule has 4 atom stereocenters. The SMILES string of the molecule is C[C@H]1[C@H]2C[C@H](C[C@@H]2c2ccccc2O)C1(C)C. The molecule has 1 N–H and O–H groups in total. The third-order valence-electron chi connectivity index (χ3n) is 5.82. The lowest BCUT2D eigenvalue weighted by Gasteiger charge is -2.40. The zero-order chi connectivity index (χ0) is 12.2. The van der Waals surface area contributed by atoms with E-state index < -0.39 is 0 Å². The topological polar surface area (TPSA) is 20.2 Å². The van der Waals surface area contributed by atoms with Gasteiger partial charge in [0.1, 0.15) is 5.75 Å². The molecule has 0 saturated heterocycles. The second-order valence-corrected chi connectivity index (χ2v) is 6.61. The number of hydrogen-bond acceptors (Lipinski definition) is 1. The van der Waals surface area contributed by atoms with Gasteiger partial charge in [-0.15, -0.1) is 0 Å². The van der Waals surface area contributed by atoms with Crippen molar-refractivity contribution in [1.29, 1.82) is 0 Å². The van der Waals surface area contributed by atoms with Crippen molar-refractivity contribution in [3.05, 3.63) is 29.8 Å². The fourth-order valence-electron chi connectivity index (χ4n) is 4.31. The van der Waals surface area contributed by atoms with Crippen LogP contribution in [0, 0.1) is 23.2 Å². The number of hydrogen-bond donors (Lipinski definition) is 1. The molecule has 0 aliphatic heterocycles. The monoisotopic (exact) mass is 230 g/mol. The lowest BCUT2D eigenvalue weighted by Crippen LogP contribution is -2.32. The summed E-state index contributed by atoms with van der Waals surface area (Å²) >= 11 is 0. The van der Waals surface area contributed by atoms with Crippen molar-refractivity contribution in [2.24, 2.45) is 23.2 Å². The molecule has 0 heterocycles. The van der Waals surface area contributed by atoms with Crippen molar-refractivity contribution in [3.63, 3.8) is 0 Å². The molecule has 2 aliphatic rings. The van der Waals surface area contributed by atoms with Crippen molar-refractivity contribution in [3.8, 4) is 5.75 Å². The molecule has 0 spiro atoms. The van der Waals surface area contributed by atoms with E-state index in [4.69, 9.17) is 0 Å². The molecule has 1 nitrogen and oxygen atoms in total. The van der Waals surface area contributed by atoms with Crippen LogP contribution in [-0.4, -0.2) is 5.11 Å². The van der Waals surface area contributed by atoms with Crippen LogP contribution in [0.4, 0.5) is 0 Å². The van der Waals surface area contributed by atoms with E-state index in [0.29, 0.717) is 17.1 Å². The Bertz CT molecular complexity index is 431. The third-order valence-corrected chi connectivity index (χ3v) is 5.82. The van der Waals surface area contributed by atoms with E-state index in [2.05, 4.69) is 32.9 Å². The van der Waals surface area contributed by atoms with E-state index in [0.717, 1.165) is 17.8 Å². The maximum atomic E-state index is 10.0. The second kappa shape index (κ2) is 3.51. The Morgan fingerprint density at radius 2 is 1.88 bits per heavy atom. The number of fused-ring (bicyclic) bond motifs is 2. The van der Waals surface area contributed by atoms with Gasteiger partial charge in [-0.2, -0.15) is 0 Å². The molecule has 0 amide bonds. The number of aromatic hydroxyl groups is 1. The number of benzene rings is 1. The summed E-state index contributed by atoms with van der Waals surface area (Å²) in [4.78, 5) is 0. The summed E-state index contributed by atoms with van der Waals surface area (Å²) in [6, 6.07) is 7.91. The average Bonchev–Trinajstić information content (AvgIpc) is 2.80. The van der Waals surface area contributed by atoms with Gasteiger partial charge in [0.15, 0.2) is 0 Å². The predicted octanol–water partition coefficient (Wildman–Crippen LogP) is 4.18. The van der Waals surface area contributed by atoms with Crippen molar-refractivity contribution < 1.29 is 5.11 Å². The highest BCUT2D eigenvalue weighted by molar-refractivity contribution is 5.37. The summed E-state index contributed by atoms with van der Waals surface area (Å²) in [5.74, 6) is 3.46. The van der Waals surface area contributed by atoms with Crippen molar-refractivity contribution in [2.75, 3.05) is 0 Å². The Balaban J connectivity index is 1.93. The first-order valence-corrected chi connectivity index (χ1v) is 6.79. The van der Waals surface area contributed by atoms with E-state index in [1.54, 1.807) is 0 Å². The Labute approximate surface area is 104 Å². The van der Waals surface area contributed by atoms with Gasteiger partial charge in [-0.1, -0.05) is 39.0 Å². The maximum Gasteiger partial charge on any atom is 0.119 e. The molecule has 1 aromatic rings. The van der Waals surface area contributed by atoms with E-state index in [-0.39, 0.29) is 0 Å². The minimum Gasteiger partial charge on any atom is -0.508 e. The molecular formula is C16H22O. The van der Waals surface area contributed by atoms with Crippen LogP contribution in [-0.2, 0) is 0 Å². The molecule has 1 aromatic carbocycles. The smallest absolute Gasteiger partial charge is 0.119 e. The Morgan fingerprint density at radius 1 is 1.18 bits per heavy atom. The summed E-state index contributed by atoms with van der Waals surface area (Å²) < 4.78 is 0. The average molecular weight is 230 g/mol. The largest absolute Gasteiger partial charge is 0.508 e. The van der Waals surface area contributed by atoms with Crippen LogP contribution in [0.5, 0.6) is 5.75 Å². The van der Waals surface area contributed by atoms with Gasteiger partial charge in [-0.25, -0.2) is 0 Å². The summed E-state index contributed by atoms with van der Waals surface area (Å²) in [7, 11) is 0. The van der Waals surface area contributed by atoms with Gasteiger partial charge >= 0.3 is 0 Å². The predicted molar refractivity (Wildman–Crippen MR) is 70.0 cm³/mol. The van der Waals surface area contributed by atoms with Crippen molar-refractivity contribution in [1.82, 2.24) is 0 Å². The first kappa shape index (κ1) is 11.1. The molecule has 0 unspecified atom stereocenters.